The third-order valence-electron chi connectivity index (χ3n) is 4.00. The van der Waals surface area contributed by atoms with E-state index >= 15 is 0 Å². The molecule has 0 radical (unpaired) electrons. The average molecular weight is 227 g/mol. The Morgan fingerprint density at radius 1 is 1.20 bits per heavy atom. The lowest BCUT2D eigenvalue weighted by Crippen LogP contribution is -2.56. The quantitative estimate of drug-likeness (QED) is 0.678. The van der Waals surface area contributed by atoms with Crippen molar-refractivity contribution < 1.29 is 0 Å². The Balaban J connectivity index is 2.17. The van der Waals surface area contributed by atoms with Crippen molar-refractivity contribution in [2.45, 2.75) is 57.7 Å². The Labute approximate surface area is 98.8 Å². The van der Waals surface area contributed by atoms with Gasteiger partial charge < -0.3 is 5.32 Å². The molecule has 1 N–H and O–H groups in total. The number of rotatable bonds is 0. The molecule has 1 aliphatic carbocycles. The molecule has 1 saturated carbocycles. The molecule has 15 heavy (non-hydrogen) atoms. The summed E-state index contributed by atoms with van der Waals surface area (Å²) in [6.45, 7) is 8.49. The standard InChI is InChI=1S/C13H25NS/c1-12(2,3)11-7-4-5-8-13(11)14-9-6-10-15-13/h11,14H,4-10H2,1-3H3. The van der Waals surface area contributed by atoms with Gasteiger partial charge in [0.2, 0.25) is 0 Å². The maximum absolute atomic E-state index is 3.85. The topological polar surface area (TPSA) is 12.0 Å². The summed E-state index contributed by atoms with van der Waals surface area (Å²) in [5.41, 5.74) is 0.456. The summed E-state index contributed by atoms with van der Waals surface area (Å²) < 4.78 is 0. The number of thioether (sulfide) groups is 1. The zero-order chi connectivity index (χ0) is 10.9. The molecule has 0 bridgehead atoms. The molecule has 2 rings (SSSR count). The highest BCUT2D eigenvalue weighted by atomic mass is 32.2. The average Bonchev–Trinajstić information content (AvgIpc) is 2.18. The highest BCUT2D eigenvalue weighted by Crippen LogP contribution is 2.50. The lowest BCUT2D eigenvalue weighted by atomic mass is 9.69. The molecule has 1 aliphatic heterocycles. The minimum Gasteiger partial charge on any atom is -0.303 e. The third kappa shape index (κ3) is 2.36. The lowest BCUT2D eigenvalue weighted by Gasteiger charge is -2.52. The predicted octanol–water partition coefficient (Wildman–Crippen LogP) is 3.65. The van der Waals surface area contributed by atoms with Crippen molar-refractivity contribution in [3.05, 3.63) is 0 Å². The summed E-state index contributed by atoms with van der Waals surface area (Å²) in [6.07, 6.45) is 7.02. The fourth-order valence-electron chi connectivity index (χ4n) is 3.34. The van der Waals surface area contributed by atoms with Crippen LogP contribution >= 0.6 is 11.8 Å². The summed E-state index contributed by atoms with van der Waals surface area (Å²) in [4.78, 5) is 0.425. The van der Waals surface area contributed by atoms with Gasteiger partial charge in [0.25, 0.3) is 0 Å². The van der Waals surface area contributed by atoms with Crippen LogP contribution < -0.4 is 5.32 Å². The predicted molar refractivity (Wildman–Crippen MR) is 69.2 cm³/mol. The van der Waals surface area contributed by atoms with Gasteiger partial charge in [0.15, 0.2) is 0 Å². The lowest BCUT2D eigenvalue weighted by molar-refractivity contribution is 0.108. The van der Waals surface area contributed by atoms with Crippen LogP contribution in [0.2, 0.25) is 0 Å². The second-order valence-corrected chi connectivity index (χ2v) is 7.61. The first-order valence-electron chi connectivity index (χ1n) is 6.44. The van der Waals surface area contributed by atoms with Crippen LogP contribution in [0.25, 0.3) is 0 Å². The van der Waals surface area contributed by atoms with Crippen LogP contribution in [0.15, 0.2) is 0 Å². The molecule has 0 aromatic carbocycles. The zero-order valence-electron chi connectivity index (χ0n) is 10.4. The largest absolute Gasteiger partial charge is 0.303 e. The van der Waals surface area contributed by atoms with Crippen molar-refractivity contribution in [3.63, 3.8) is 0 Å². The van der Waals surface area contributed by atoms with Crippen LogP contribution in [0.4, 0.5) is 0 Å². The van der Waals surface area contributed by atoms with E-state index in [-0.39, 0.29) is 0 Å². The summed E-state index contributed by atoms with van der Waals surface area (Å²) >= 11 is 2.21. The van der Waals surface area contributed by atoms with Crippen molar-refractivity contribution in [1.82, 2.24) is 5.32 Å². The Morgan fingerprint density at radius 2 is 2.00 bits per heavy atom. The Hall–Kier alpha value is 0.310. The molecule has 2 unspecified atom stereocenters. The number of hydrogen-bond donors (Lipinski definition) is 1. The Kier molecular flexibility index (Phi) is 3.37. The van der Waals surface area contributed by atoms with Gasteiger partial charge in [0, 0.05) is 0 Å². The highest BCUT2D eigenvalue weighted by molar-refractivity contribution is 8.00. The van der Waals surface area contributed by atoms with Gasteiger partial charge in [0.1, 0.15) is 0 Å². The fraction of sp³-hybridized carbons (Fsp3) is 1.00. The van der Waals surface area contributed by atoms with Crippen molar-refractivity contribution in [2.75, 3.05) is 12.3 Å². The van der Waals surface area contributed by atoms with Gasteiger partial charge >= 0.3 is 0 Å². The van der Waals surface area contributed by atoms with Crippen LogP contribution in [-0.2, 0) is 0 Å². The first kappa shape index (κ1) is 11.8. The minimum atomic E-state index is 0.425. The van der Waals surface area contributed by atoms with Gasteiger partial charge in [-0.1, -0.05) is 33.6 Å². The smallest absolute Gasteiger partial charge is 0.0678 e. The highest BCUT2D eigenvalue weighted by Gasteiger charge is 2.46. The van der Waals surface area contributed by atoms with Crippen LogP contribution in [0.1, 0.15) is 52.9 Å². The molecule has 2 atom stereocenters. The Bertz CT molecular complexity index is 205. The summed E-state index contributed by atoms with van der Waals surface area (Å²) in [5, 5.41) is 3.85. The van der Waals surface area contributed by atoms with E-state index in [0.29, 0.717) is 10.3 Å². The second kappa shape index (κ2) is 4.29. The first-order valence-corrected chi connectivity index (χ1v) is 7.42. The molecule has 88 valence electrons. The Morgan fingerprint density at radius 3 is 2.60 bits per heavy atom. The van der Waals surface area contributed by atoms with E-state index in [9.17, 15) is 0 Å². The van der Waals surface area contributed by atoms with Crippen molar-refractivity contribution in [1.29, 1.82) is 0 Å². The molecule has 2 fully saturated rings. The summed E-state index contributed by atoms with van der Waals surface area (Å²) in [7, 11) is 0. The molecular formula is C13H25NS. The van der Waals surface area contributed by atoms with Crippen LogP contribution in [0, 0.1) is 11.3 Å². The second-order valence-electron chi connectivity index (χ2n) is 6.18. The van der Waals surface area contributed by atoms with Gasteiger partial charge in [-0.2, -0.15) is 0 Å². The van der Waals surface area contributed by atoms with Crippen LogP contribution in [0.5, 0.6) is 0 Å². The van der Waals surface area contributed by atoms with Crippen molar-refractivity contribution >= 4 is 11.8 Å². The van der Waals surface area contributed by atoms with Crippen LogP contribution in [0.3, 0.4) is 0 Å². The van der Waals surface area contributed by atoms with E-state index in [1.807, 2.05) is 0 Å². The van der Waals surface area contributed by atoms with Crippen LogP contribution in [-0.4, -0.2) is 17.2 Å². The molecule has 0 aromatic rings. The van der Waals surface area contributed by atoms with Gasteiger partial charge in [-0.25, -0.2) is 0 Å². The van der Waals surface area contributed by atoms with E-state index in [4.69, 9.17) is 0 Å². The van der Waals surface area contributed by atoms with Crippen molar-refractivity contribution in [3.8, 4) is 0 Å². The van der Waals surface area contributed by atoms with Crippen molar-refractivity contribution in [2.24, 2.45) is 11.3 Å². The first-order chi connectivity index (χ1) is 7.05. The molecule has 0 aromatic heterocycles. The SMILES string of the molecule is CC(C)(C)C1CCCCC12NCCCS2. The molecule has 1 saturated heterocycles. The van der Waals surface area contributed by atoms with E-state index in [1.165, 1.54) is 44.4 Å². The van der Waals surface area contributed by atoms with Gasteiger partial charge in [-0.3, -0.25) is 0 Å². The molecular weight excluding hydrogens is 202 g/mol. The monoisotopic (exact) mass is 227 g/mol. The fourth-order valence-corrected chi connectivity index (χ4v) is 5.16. The summed E-state index contributed by atoms with van der Waals surface area (Å²) in [5.74, 6) is 2.21. The molecule has 2 heteroatoms. The van der Waals surface area contributed by atoms with E-state index in [2.05, 4.69) is 37.8 Å². The summed E-state index contributed by atoms with van der Waals surface area (Å²) in [6, 6.07) is 0. The normalized spacial score (nSPS) is 38.2. The maximum Gasteiger partial charge on any atom is 0.0678 e. The van der Waals surface area contributed by atoms with E-state index < -0.39 is 0 Å². The number of hydrogen-bond acceptors (Lipinski definition) is 2. The molecule has 0 amide bonds. The minimum absolute atomic E-state index is 0.425. The maximum atomic E-state index is 3.85. The van der Waals surface area contributed by atoms with Gasteiger partial charge in [0.05, 0.1) is 4.87 Å². The number of nitrogens with one attached hydrogen (secondary N) is 1. The van der Waals surface area contributed by atoms with E-state index in [1.54, 1.807) is 0 Å². The van der Waals surface area contributed by atoms with Gasteiger partial charge in [-0.05, 0) is 42.9 Å². The molecule has 2 aliphatic rings. The zero-order valence-corrected chi connectivity index (χ0v) is 11.3. The van der Waals surface area contributed by atoms with E-state index in [0.717, 1.165) is 5.92 Å². The third-order valence-corrected chi connectivity index (χ3v) is 5.65. The van der Waals surface area contributed by atoms with Gasteiger partial charge in [-0.15, -0.1) is 11.8 Å². The molecule has 1 spiro atoms. The molecule has 1 heterocycles. The molecule has 1 nitrogen and oxygen atoms in total.